The van der Waals surface area contributed by atoms with Gasteiger partial charge in [0.2, 0.25) is 0 Å². The molecule has 1 heterocycles. The van der Waals surface area contributed by atoms with Crippen molar-refractivity contribution >= 4 is 5.71 Å². The highest BCUT2D eigenvalue weighted by Gasteiger charge is 2.37. The van der Waals surface area contributed by atoms with Gasteiger partial charge in [0, 0.05) is 17.5 Å². The molecule has 0 saturated carbocycles. The highest BCUT2D eigenvalue weighted by molar-refractivity contribution is 5.87. The summed E-state index contributed by atoms with van der Waals surface area (Å²) in [5.74, 6) is 0.234. The molecule has 1 aliphatic rings. The van der Waals surface area contributed by atoms with Crippen LogP contribution in [0.3, 0.4) is 0 Å². The van der Waals surface area contributed by atoms with Gasteiger partial charge < -0.3 is 10.5 Å². The number of quaternary nitrogens is 1. The molecule has 0 unspecified atom stereocenters. The second-order valence-corrected chi connectivity index (χ2v) is 5.73. The first-order valence-corrected chi connectivity index (χ1v) is 7.45. The lowest BCUT2D eigenvalue weighted by Crippen LogP contribution is -2.90. The van der Waals surface area contributed by atoms with Gasteiger partial charge >= 0.3 is 0 Å². The van der Waals surface area contributed by atoms with E-state index in [1.165, 1.54) is 11.1 Å². The Kier molecular flexibility index (Phi) is 4.02. The molecular weight excluding hydrogens is 260 g/mol. The molecule has 108 valence electrons. The molecule has 0 aromatic heterocycles. The molecule has 3 heteroatoms. The summed E-state index contributed by atoms with van der Waals surface area (Å²) in [5, 5.41) is 15.3. The second-order valence-electron chi connectivity index (χ2n) is 5.73. The lowest BCUT2D eigenvalue weighted by atomic mass is 9.81. The largest absolute Gasteiger partial charge is 0.411 e. The fourth-order valence-corrected chi connectivity index (χ4v) is 3.24. The number of oxime groups is 1. The Labute approximate surface area is 125 Å². The number of benzene rings is 2. The van der Waals surface area contributed by atoms with Gasteiger partial charge in [-0.3, -0.25) is 0 Å². The van der Waals surface area contributed by atoms with Gasteiger partial charge in [-0.1, -0.05) is 72.7 Å². The predicted octanol–water partition coefficient (Wildman–Crippen LogP) is 2.90. The van der Waals surface area contributed by atoms with Crippen LogP contribution in [0.15, 0.2) is 65.8 Å². The van der Waals surface area contributed by atoms with Crippen LogP contribution in [0.5, 0.6) is 0 Å². The predicted molar refractivity (Wildman–Crippen MR) is 83.3 cm³/mol. The van der Waals surface area contributed by atoms with Crippen LogP contribution in [-0.2, 0) is 0 Å². The van der Waals surface area contributed by atoms with Crippen molar-refractivity contribution < 1.29 is 10.5 Å². The topological polar surface area (TPSA) is 49.2 Å². The van der Waals surface area contributed by atoms with Gasteiger partial charge in [0.05, 0.1) is 11.6 Å². The van der Waals surface area contributed by atoms with Gasteiger partial charge in [0.15, 0.2) is 0 Å². The van der Waals surface area contributed by atoms with Crippen LogP contribution >= 0.6 is 0 Å². The van der Waals surface area contributed by atoms with Gasteiger partial charge in [-0.2, -0.15) is 0 Å². The summed E-state index contributed by atoms with van der Waals surface area (Å²) in [7, 11) is 0. The minimum absolute atomic E-state index is 0.234. The third-order valence-corrected chi connectivity index (χ3v) is 4.47. The van der Waals surface area contributed by atoms with Crippen molar-refractivity contribution in [3.63, 3.8) is 0 Å². The van der Waals surface area contributed by atoms with E-state index in [2.05, 4.69) is 65.9 Å². The molecule has 2 aromatic rings. The molecule has 3 N–H and O–H groups in total. The first-order valence-electron chi connectivity index (χ1n) is 7.45. The zero-order valence-electron chi connectivity index (χ0n) is 12.2. The molecule has 1 fully saturated rings. The lowest BCUT2D eigenvalue weighted by Gasteiger charge is -2.33. The van der Waals surface area contributed by atoms with Crippen LogP contribution in [0, 0.1) is 5.92 Å². The maximum atomic E-state index is 9.36. The molecule has 3 nitrogen and oxygen atoms in total. The van der Waals surface area contributed by atoms with E-state index >= 15 is 0 Å². The highest BCUT2D eigenvalue weighted by Crippen LogP contribution is 2.29. The van der Waals surface area contributed by atoms with Crippen LogP contribution in [0.2, 0.25) is 0 Å². The molecule has 0 radical (unpaired) electrons. The molecule has 0 amide bonds. The Balaban J connectivity index is 1.93. The molecule has 21 heavy (non-hydrogen) atoms. The Morgan fingerprint density at radius 2 is 1.52 bits per heavy atom. The summed E-state index contributed by atoms with van der Waals surface area (Å²) < 4.78 is 0. The quantitative estimate of drug-likeness (QED) is 0.645. The van der Waals surface area contributed by atoms with Gasteiger partial charge in [0.1, 0.15) is 12.1 Å². The van der Waals surface area contributed by atoms with Gasteiger partial charge in [-0.15, -0.1) is 0 Å². The molecule has 1 saturated heterocycles. The van der Waals surface area contributed by atoms with Crippen molar-refractivity contribution in [1.82, 2.24) is 0 Å². The van der Waals surface area contributed by atoms with Crippen molar-refractivity contribution in [3.05, 3.63) is 71.8 Å². The van der Waals surface area contributed by atoms with Crippen molar-refractivity contribution in [1.29, 1.82) is 0 Å². The van der Waals surface area contributed by atoms with Crippen LogP contribution < -0.4 is 5.32 Å². The number of nitrogens with zero attached hydrogens (tertiary/aromatic N) is 1. The maximum Gasteiger partial charge on any atom is 0.120 e. The van der Waals surface area contributed by atoms with Crippen LogP contribution in [0.4, 0.5) is 0 Å². The van der Waals surface area contributed by atoms with Crippen molar-refractivity contribution in [2.24, 2.45) is 11.1 Å². The summed E-state index contributed by atoms with van der Waals surface area (Å²) in [6, 6.07) is 21.5. The summed E-state index contributed by atoms with van der Waals surface area (Å²) in [6.45, 7) is 2.14. The summed E-state index contributed by atoms with van der Waals surface area (Å²) in [6.07, 6.45) is 0.797. The molecule has 0 aliphatic carbocycles. The first kappa shape index (κ1) is 13.8. The van der Waals surface area contributed by atoms with E-state index in [1.807, 2.05) is 12.1 Å². The van der Waals surface area contributed by atoms with Crippen LogP contribution in [0.1, 0.15) is 36.6 Å². The molecule has 0 spiro atoms. The normalized spacial score (nSPS) is 27.7. The Bertz CT molecular complexity index is 610. The standard InChI is InChI=1S/C18H20N2O/c1-13-16(20-21)12-17(14-8-4-2-5-9-14)19-18(13)15-10-6-3-7-11-15/h2-11,13,17-19,21H,12H2,1H3/p+1/b20-16-/t13-,17-,18+/m0/s1. The number of piperidine rings is 1. The maximum absolute atomic E-state index is 9.36. The number of hydrogen-bond acceptors (Lipinski definition) is 2. The average molecular weight is 281 g/mol. The summed E-state index contributed by atoms with van der Waals surface area (Å²) in [4.78, 5) is 0. The first-order chi connectivity index (χ1) is 10.3. The van der Waals surface area contributed by atoms with Crippen molar-refractivity contribution in [3.8, 4) is 0 Å². The Morgan fingerprint density at radius 3 is 2.10 bits per heavy atom. The number of rotatable bonds is 2. The second kappa shape index (κ2) is 6.10. The molecule has 1 aliphatic heterocycles. The molecule has 3 atom stereocenters. The molecule has 0 bridgehead atoms. The highest BCUT2D eigenvalue weighted by atomic mass is 16.4. The minimum atomic E-state index is 0.234. The third-order valence-electron chi connectivity index (χ3n) is 4.47. The van der Waals surface area contributed by atoms with E-state index in [-0.39, 0.29) is 12.0 Å². The Hall–Kier alpha value is -2.13. The van der Waals surface area contributed by atoms with Crippen molar-refractivity contribution in [2.45, 2.75) is 25.4 Å². The summed E-state index contributed by atoms with van der Waals surface area (Å²) in [5.41, 5.74) is 3.46. The lowest BCUT2D eigenvalue weighted by molar-refractivity contribution is -0.741. The summed E-state index contributed by atoms with van der Waals surface area (Å²) >= 11 is 0. The van der Waals surface area contributed by atoms with E-state index in [0.717, 1.165) is 12.1 Å². The fourth-order valence-electron chi connectivity index (χ4n) is 3.24. The van der Waals surface area contributed by atoms with E-state index in [9.17, 15) is 5.21 Å². The molecular formula is C18H21N2O+. The van der Waals surface area contributed by atoms with Gasteiger partial charge in [-0.05, 0) is 0 Å². The smallest absolute Gasteiger partial charge is 0.120 e. The van der Waals surface area contributed by atoms with Gasteiger partial charge in [0.25, 0.3) is 0 Å². The third kappa shape index (κ3) is 2.83. The zero-order valence-corrected chi connectivity index (χ0v) is 12.2. The fraction of sp³-hybridized carbons (Fsp3) is 0.278. The van der Waals surface area contributed by atoms with Crippen LogP contribution in [-0.4, -0.2) is 10.9 Å². The van der Waals surface area contributed by atoms with Crippen molar-refractivity contribution in [2.75, 3.05) is 0 Å². The Morgan fingerprint density at radius 1 is 0.952 bits per heavy atom. The van der Waals surface area contributed by atoms with Crippen LogP contribution in [0.25, 0.3) is 0 Å². The van der Waals surface area contributed by atoms with E-state index in [1.54, 1.807) is 0 Å². The zero-order chi connectivity index (χ0) is 14.7. The average Bonchev–Trinajstić information content (AvgIpc) is 2.56. The van der Waals surface area contributed by atoms with E-state index < -0.39 is 0 Å². The minimum Gasteiger partial charge on any atom is -0.411 e. The number of nitrogens with two attached hydrogens (primary N) is 1. The molecule has 3 rings (SSSR count). The number of hydrogen-bond donors (Lipinski definition) is 2. The van der Waals surface area contributed by atoms with E-state index in [4.69, 9.17) is 0 Å². The van der Waals surface area contributed by atoms with Gasteiger partial charge in [-0.25, -0.2) is 0 Å². The SMILES string of the molecule is C[C@H]1/C(=N\O)C[C@@H](c2ccccc2)[NH2+][C@H]1c1ccccc1. The monoisotopic (exact) mass is 281 g/mol. The molecule has 2 aromatic carbocycles. The van der Waals surface area contributed by atoms with E-state index in [0.29, 0.717) is 6.04 Å².